The average molecular weight is 204 g/mol. The summed E-state index contributed by atoms with van der Waals surface area (Å²) in [5.41, 5.74) is 7.05. The molecular formula is C12H13FN2. The molecule has 15 heavy (non-hydrogen) atoms. The summed E-state index contributed by atoms with van der Waals surface area (Å²) >= 11 is 0. The van der Waals surface area contributed by atoms with Crippen molar-refractivity contribution in [1.82, 2.24) is 0 Å². The standard InChI is InChI=1S/C12H13FN2/c1-12(2)10(11(12)15)7-3-4-9(13)8(5-7)6-14/h3-5,10-11H,15H2,1-2H3/t10-,11-/m1/s1. The minimum atomic E-state index is -0.465. The summed E-state index contributed by atoms with van der Waals surface area (Å²) in [7, 11) is 0. The van der Waals surface area contributed by atoms with Crippen molar-refractivity contribution in [3.8, 4) is 6.07 Å². The molecule has 0 aliphatic heterocycles. The summed E-state index contributed by atoms with van der Waals surface area (Å²) in [6.07, 6.45) is 0. The van der Waals surface area contributed by atoms with Gasteiger partial charge in [0, 0.05) is 12.0 Å². The highest BCUT2D eigenvalue weighted by Gasteiger charge is 2.56. The minimum Gasteiger partial charge on any atom is -0.327 e. The largest absolute Gasteiger partial charge is 0.327 e. The van der Waals surface area contributed by atoms with Gasteiger partial charge in [0.15, 0.2) is 0 Å². The van der Waals surface area contributed by atoms with Crippen molar-refractivity contribution >= 4 is 0 Å². The number of halogens is 1. The Bertz CT molecular complexity index is 445. The van der Waals surface area contributed by atoms with Crippen LogP contribution in [-0.4, -0.2) is 6.04 Å². The minimum absolute atomic E-state index is 0.0601. The van der Waals surface area contributed by atoms with Crippen molar-refractivity contribution in [2.24, 2.45) is 11.1 Å². The van der Waals surface area contributed by atoms with Gasteiger partial charge in [0.25, 0.3) is 0 Å². The molecule has 0 aromatic heterocycles. The van der Waals surface area contributed by atoms with Crippen LogP contribution in [0.3, 0.4) is 0 Å². The van der Waals surface area contributed by atoms with Crippen LogP contribution in [0.5, 0.6) is 0 Å². The van der Waals surface area contributed by atoms with E-state index in [1.165, 1.54) is 6.07 Å². The molecule has 0 saturated heterocycles. The summed E-state index contributed by atoms with van der Waals surface area (Å²) < 4.78 is 13.1. The van der Waals surface area contributed by atoms with Crippen LogP contribution in [0.4, 0.5) is 4.39 Å². The van der Waals surface area contributed by atoms with Gasteiger partial charge in [0.1, 0.15) is 11.9 Å². The van der Waals surface area contributed by atoms with Crippen LogP contribution in [0.2, 0.25) is 0 Å². The predicted molar refractivity (Wildman–Crippen MR) is 55.6 cm³/mol. The zero-order valence-electron chi connectivity index (χ0n) is 8.79. The molecule has 2 N–H and O–H groups in total. The monoisotopic (exact) mass is 204 g/mol. The Morgan fingerprint density at radius 2 is 2.07 bits per heavy atom. The van der Waals surface area contributed by atoms with Gasteiger partial charge in [0.2, 0.25) is 0 Å². The van der Waals surface area contributed by atoms with E-state index in [0.717, 1.165) is 5.56 Å². The maximum absolute atomic E-state index is 13.1. The second kappa shape index (κ2) is 3.04. The first kappa shape index (κ1) is 10.1. The first-order valence-electron chi connectivity index (χ1n) is 4.93. The predicted octanol–water partition coefficient (Wildman–Crippen LogP) is 2.15. The Balaban J connectivity index is 2.37. The van der Waals surface area contributed by atoms with Crippen LogP contribution in [0.15, 0.2) is 18.2 Å². The van der Waals surface area contributed by atoms with Gasteiger partial charge in [-0.15, -0.1) is 0 Å². The third kappa shape index (κ3) is 1.42. The highest BCUT2D eigenvalue weighted by molar-refractivity contribution is 5.41. The molecule has 3 heteroatoms. The van der Waals surface area contributed by atoms with Crippen LogP contribution < -0.4 is 5.73 Å². The number of nitrogens with two attached hydrogens (primary N) is 1. The van der Waals surface area contributed by atoms with Crippen LogP contribution in [0, 0.1) is 22.6 Å². The highest BCUT2D eigenvalue weighted by Crippen LogP contribution is 2.57. The summed E-state index contributed by atoms with van der Waals surface area (Å²) in [4.78, 5) is 0. The Labute approximate surface area is 88.5 Å². The molecule has 1 saturated carbocycles. The van der Waals surface area contributed by atoms with E-state index < -0.39 is 5.82 Å². The zero-order chi connectivity index (χ0) is 11.2. The van der Waals surface area contributed by atoms with Gasteiger partial charge in [-0.1, -0.05) is 19.9 Å². The maximum Gasteiger partial charge on any atom is 0.140 e. The molecule has 1 aromatic rings. The van der Waals surface area contributed by atoms with Crippen molar-refractivity contribution in [2.45, 2.75) is 25.8 Å². The summed E-state index contributed by atoms with van der Waals surface area (Å²) in [6.45, 7) is 4.16. The van der Waals surface area contributed by atoms with E-state index in [9.17, 15) is 4.39 Å². The fourth-order valence-corrected chi connectivity index (χ4v) is 2.14. The molecule has 78 valence electrons. The third-order valence-corrected chi connectivity index (χ3v) is 3.38. The third-order valence-electron chi connectivity index (χ3n) is 3.38. The van der Waals surface area contributed by atoms with E-state index >= 15 is 0 Å². The van der Waals surface area contributed by atoms with Crippen molar-refractivity contribution in [3.05, 3.63) is 35.1 Å². The van der Waals surface area contributed by atoms with E-state index in [1.54, 1.807) is 12.1 Å². The SMILES string of the molecule is CC1(C)[C@H](N)[C@H]1c1ccc(F)c(C#N)c1. The van der Waals surface area contributed by atoms with Gasteiger partial charge in [0.05, 0.1) is 5.56 Å². The molecule has 0 heterocycles. The zero-order valence-corrected chi connectivity index (χ0v) is 8.79. The summed E-state index contributed by atoms with van der Waals surface area (Å²) in [6, 6.07) is 6.62. The molecule has 1 fully saturated rings. The lowest BCUT2D eigenvalue weighted by Crippen LogP contribution is -2.06. The number of nitrogens with zero attached hydrogens (tertiary/aromatic N) is 1. The molecule has 2 rings (SSSR count). The Morgan fingerprint density at radius 1 is 1.47 bits per heavy atom. The smallest absolute Gasteiger partial charge is 0.140 e. The van der Waals surface area contributed by atoms with E-state index in [2.05, 4.69) is 13.8 Å². The van der Waals surface area contributed by atoms with Gasteiger partial charge in [-0.2, -0.15) is 5.26 Å². The number of hydrogen-bond acceptors (Lipinski definition) is 2. The van der Waals surface area contributed by atoms with Crippen LogP contribution >= 0.6 is 0 Å². The molecule has 0 amide bonds. The fourth-order valence-electron chi connectivity index (χ4n) is 2.14. The molecule has 2 nitrogen and oxygen atoms in total. The topological polar surface area (TPSA) is 49.8 Å². The van der Waals surface area contributed by atoms with Crippen LogP contribution in [-0.2, 0) is 0 Å². The van der Waals surface area contributed by atoms with Crippen molar-refractivity contribution in [1.29, 1.82) is 5.26 Å². The first-order valence-corrected chi connectivity index (χ1v) is 4.93. The molecule has 0 radical (unpaired) electrons. The molecular weight excluding hydrogens is 191 g/mol. The van der Waals surface area contributed by atoms with Gasteiger partial charge < -0.3 is 5.73 Å². The van der Waals surface area contributed by atoms with Gasteiger partial charge >= 0.3 is 0 Å². The number of benzene rings is 1. The highest BCUT2D eigenvalue weighted by atomic mass is 19.1. The lowest BCUT2D eigenvalue weighted by atomic mass is 10.0. The van der Waals surface area contributed by atoms with Gasteiger partial charge in [-0.25, -0.2) is 4.39 Å². The van der Waals surface area contributed by atoms with Crippen molar-refractivity contribution < 1.29 is 4.39 Å². The van der Waals surface area contributed by atoms with Gasteiger partial charge in [-0.05, 0) is 23.1 Å². The number of hydrogen-bond donors (Lipinski definition) is 1. The lowest BCUT2D eigenvalue weighted by Gasteiger charge is -2.03. The molecule has 1 aliphatic carbocycles. The second-order valence-electron chi connectivity index (χ2n) is 4.68. The average Bonchev–Trinajstić information content (AvgIpc) is 2.68. The number of nitriles is 1. The summed E-state index contributed by atoms with van der Waals surface area (Å²) in [5.74, 6) is -0.224. The maximum atomic E-state index is 13.1. The van der Waals surface area contributed by atoms with Crippen molar-refractivity contribution in [2.75, 3.05) is 0 Å². The quantitative estimate of drug-likeness (QED) is 0.762. The van der Waals surface area contributed by atoms with Gasteiger partial charge in [-0.3, -0.25) is 0 Å². The van der Waals surface area contributed by atoms with E-state index in [4.69, 9.17) is 11.0 Å². The van der Waals surface area contributed by atoms with E-state index in [1.807, 2.05) is 6.07 Å². The molecule has 1 aliphatic rings. The van der Waals surface area contributed by atoms with Crippen molar-refractivity contribution in [3.63, 3.8) is 0 Å². The molecule has 0 unspecified atom stereocenters. The summed E-state index contributed by atoms with van der Waals surface area (Å²) in [5, 5.41) is 8.72. The Kier molecular flexibility index (Phi) is 2.06. The normalized spacial score (nSPS) is 27.1. The molecule has 2 atom stereocenters. The molecule has 1 aromatic carbocycles. The lowest BCUT2D eigenvalue weighted by molar-refractivity contribution is 0.596. The Morgan fingerprint density at radius 3 is 2.53 bits per heavy atom. The van der Waals surface area contributed by atoms with E-state index in [0.29, 0.717) is 0 Å². The second-order valence-corrected chi connectivity index (χ2v) is 4.68. The number of rotatable bonds is 1. The van der Waals surface area contributed by atoms with Crippen LogP contribution in [0.1, 0.15) is 30.9 Å². The Hall–Kier alpha value is -1.40. The first-order chi connectivity index (χ1) is 6.98. The molecule has 0 bridgehead atoms. The van der Waals surface area contributed by atoms with E-state index in [-0.39, 0.29) is 22.9 Å². The molecule has 0 spiro atoms. The van der Waals surface area contributed by atoms with Crippen LogP contribution in [0.25, 0.3) is 0 Å². The fraction of sp³-hybridized carbons (Fsp3) is 0.417.